The van der Waals surface area contributed by atoms with Crippen molar-refractivity contribution in [3.8, 4) is 0 Å². The third kappa shape index (κ3) is 3.23. The maximum atomic E-state index is 5.83. The Kier molecular flexibility index (Phi) is 4.59. The lowest BCUT2D eigenvalue weighted by molar-refractivity contribution is 0.177. The summed E-state index contributed by atoms with van der Waals surface area (Å²) in [4.78, 5) is 4.51. The molecule has 2 aromatic rings. The van der Waals surface area contributed by atoms with E-state index >= 15 is 0 Å². The van der Waals surface area contributed by atoms with E-state index in [-0.39, 0.29) is 6.04 Å². The second-order valence-electron chi connectivity index (χ2n) is 5.84. The number of fused-ring (bicyclic) bond motifs is 1. The van der Waals surface area contributed by atoms with Gasteiger partial charge in [0.05, 0.1) is 12.6 Å². The van der Waals surface area contributed by atoms with Crippen molar-refractivity contribution in [1.82, 2.24) is 20.1 Å². The third-order valence-electron chi connectivity index (χ3n) is 4.12. The summed E-state index contributed by atoms with van der Waals surface area (Å²) >= 11 is 0. The molecular weight excluding hydrogens is 280 g/mol. The van der Waals surface area contributed by atoms with Gasteiger partial charge in [-0.1, -0.05) is 6.92 Å². The molecule has 120 valence electrons. The zero-order valence-corrected chi connectivity index (χ0v) is 13.5. The molecule has 0 spiro atoms. The number of aryl methyl sites for hydroxylation is 2. The van der Waals surface area contributed by atoms with E-state index in [1.54, 1.807) is 7.11 Å². The Hall–Kier alpha value is -1.66. The lowest BCUT2D eigenvalue weighted by Crippen LogP contribution is -2.39. The van der Waals surface area contributed by atoms with Crippen LogP contribution in [0.4, 0.5) is 0 Å². The molecule has 0 aromatic carbocycles. The first-order chi connectivity index (χ1) is 10.7. The molecule has 3 heterocycles. The van der Waals surface area contributed by atoms with Gasteiger partial charge in [-0.3, -0.25) is 0 Å². The van der Waals surface area contributed by atoms with Crippen LogP contribution in [0, 0.1) is 0 Å². The largest absolute Gasteiger partial charge is 0.464 e. The van der Waals surface area contributed by atoms with E-state index in [0.29, 0.717) is 12.6 Å². The van der Waals surface area contributed by atoms with Gasteiger partial charge in [0.2, 0.25) is 0 Å². The maximum Gasteiger partial charge on any atom is 0.176 e. The van der Waals surface area contributed by atoms with Crippen molar-refractivity contribution in [3.05, 3.63) is 35.3 Å². The summed E-state index contributed by atoms with van der Waals surface area (Å²) < 4.78 is 12.9. The Morgan fingerprint density at radius 1 is 1.50 bits per heavy atom. The number of hydrogen-bond acceptors (Lipinski definition) is 5. The lowest BCUT2D eigenvalue weighted by atomic mass is 10.1. The van der Waals surface area contributed by atoms with Crippen LogP contribution in [0.2, 0.25) is 0 Å². The van der Waals surface area contributed by atoms with Gasteiger partial charge in [0.1, 0.15) is 24.0 Å². The number of methoxy groups -OCH3 is 1. The van der Waals surface area contributed by atoms with Crippen LogP contribution >= 0.6 is 0 Å². The first-order valence-electron chi connectivity index (χ1n) is 7.95. The number of aromatic nitrogens is 3. The molecule has 0 saturated carbocycles. The summed E-state index contributed by atoms with van der Waals surface area (Å²) in [5.74, 6) is 3.87. The SMILES string of the molecule is CCc1ccc([C@H](C)N[C@@H]2CCc3nc(COC)nn3C2)o1. The van der Waals surface area contributed by atoms with Crippen molar-refractivity contribution in [1.29, 1.82) is 0 Å². The van der Waals surface area contributed by atoms with Gasteiger partial charge in [0.15, 0.2) is 5.82 Å². The second kappa shape index (κ2) is 6.62. The fourth-order valence-corrected chi connectivity index (χ4v) is 2.94. The van der Waals surface area contributed by atoms with Crippen molar-refractivity contribution >= 4 is 0 Å². The van der Waals surface area contributed by atoms with Crippen LogP contribution in [0.25, 0.3) is 0 Å². The number of rotatable bonds is 6. The molecule has 2 aromatic heterocycles. The quantitative estimate of drug-likeness (QED) is 0.886. The Labute approximate surface area is 130 Å². The van der Waals surface area contributed by atoms with Gasteiger partial charge in [-0.05, 0) is 25.5 Å². The fourth-order valence-electron chi connectivity index (χ4n) is 2.94. The van der Waals surface area contributed by atoms with Crippen molar-refractivity contribution in [2.24, 2.45) is 0 Å². The Bertz CT molecular complexity index is 619. The zero-order valence-electron chi connectivity index (χ0n) is 13.5. The molecule has 0 saturated heterocycles. The molecule has 1 aliphatic rings. The highest BCUT2D eigenvalue weighted by Crippen LogP contribution is 2.20. The predicted octanol–water partition coefficient (Wildman–Crippen LogP) is 2.25. The number of nitrogens with one attached hydrogen (secondary N) is 1. The van der Waals surface area contributed by atoms with Gasteiger partial charge in [0.25, 0.3) is 0 Å². The molecule has 0 aliphatic carbocycles. The molecule has 0 radical (unpaired) electrons. The molecule has 0 amide bonds. The van der Waals surface area contributed by atoms with Gasteiger partial charge in [-0.15, -0.1) is 0 Å². The third-order valence-corrected chi connectivity index (χ3v) is 4.12. The van der Waals surface area contributed by atoms with Gasteiger partial charge in [0, 0.05) is 26.0 Å². The summed E-state index contributed by atoms with van der Waals surface area (Å²) in [5.41, 5.74) is 0. The topological polar surface area (TPSA) is 65.1 Å². The summed E-state index contributed by atoms with van der Waals surface area (Å²) in [6.45, 7) is 5.57. The van der Waals surface area contributed by atoms with Crippen LogP contribution in [0.3, 0.4) is 0 Å². The first-order valence-corrected chi connectivity index (χ1v) is 7.95. The van der Waals surface area contributed by atoms with E-state index in [9.17, 15) is 0 Å². The first kappa shape index (κ1) is 15.2. The smallest absolute Gasteiger partial charge is 0.176 e. The number of ether oxygens (including phenoxy) is 1. The molecule has 0 unspecified atom stereocenters. The van der Waals surface area contributed by atoms with Crippen molar-refractivity contribution < 1.29 is 9.15 Å². The number of hydrogen-bond donors (Lipinski definition) is 1. The van der Waals surface area contributed by atoms with E-state index in [0.717, 1.165) is 49.0 Å². The van der Waals surface area contributed by atoms with E-state index in [2.05, 4.69) is 41.4 Å². The normalized spacial score (nSPS) is 19.1. The van der Waals surface area contributed by atoms with Gasteiger partial charge in [-0.2, -0.15) is 5.10 Å². The van der Waals surface area contributed by atoms with E-state index in [1.807, 2.05) is 4.68 Å². The van der Waals surface area contributed by atoms with Crippen molar-refractivity contribution in [2.75, 3.05) is 7.11 Å². The zero-order chi connectivity index (χ0) is 15.5. The molecule has 22 heavy (non-hydrogen) atoms. The molecule has 3 rings (SSSR count). The average Bonchev–Trinajstić information content (AvgIpc) is 3.13. The summed E-state index contributed by atoms with van der Waals surface area (Å²) in [5, 5.41) is 8.15. The average molecular weight is 304 g/mol. The van der Waals surface area contributed by atoms with Gasteiger partial charge >= 0.3 is 0 Å². The van der Waals surface area contributed by atoms with Gasteiger partial charge in [-0.25, -0.2) is 9.67 Å². The van der Waals surface area contributed by atoms with Crippen LogP contribution in [-0.2, 0) is 30.7 Å². The van der Waals surface area contributed by atoms with Crippen LogP contribution in [0.1, 0.15) is 49.5 Å². The van der Waals surface area contributed by atoms with Gasteiger partial charge < -0.3 is 14.5 Å². The molecule has 6 heteroatoms. The lowest BCUT2D eigenvalue weighted by Gasteiger charge is -2.26. The monoisotopic (exact) mass is 304 g/mol. The Balaban J connectivity index is 1.61. The fraction of sp³-hybridized carbons (Fsp3) is 0.625. The molecular formula is C16H24N4O2. The van der Waals surface area contributed by atoms with Crippen LogP contribution in [0.15, 0.2) is 16.5 Å². The minimum absolute atomic E-state index is 0.203. The Morgan fingerprint density at radius 3 is 3.09 bits per heavy atom. The number of furan rings is 1. The molecule has 6 nitrogen and oxygen atoms in total. The van der Waals surface area contributed by atoms with Crippen LogP contribution in [0.5, 0.6) is 0 Å². The van der Waals surface area contributed by atoms with Crippen LogP contribution < -0.4 is 5.32 Å². The maximum absolute atomic E-state index is 5.83. The minimum atomic E-state index is 0.203. The highest BCUT2D eigenvalue weighted by molar-refractivity contribution is 5.10. The van der Waals surface area contributed by atoms with E-state index in [1.165, 1.54) is 0 Å². The van der Waals surface area contributed by atoms with E-state index < -0.39 is 0 Å². The number of nitrogens with zero attached hydrogens (tertiary/aromatic N) is 3. The highest BCUT2D eigenvalue weighted by atomic mass is 16.5. The summed E-state index contributed by atoms with van der Waals surface area (Å²) in [7, 11) is 1.67. The molecule has 1 N–H and O–H groups in total. The van der Waals surface area contributed by atoms with Crippen molar-refractivity contribution in [2.45, 2.75) is 58.3 Å². The van der Waals surface area contributed by atoms with E-state index in [4.69, 9.17) is 9.15 Å². The molecule has 2 atom stereocenters. The predicted molar refractivity (Wildman–Crippen MR) is 82.5 cm³/mol. The summed E-state index contributed by atoms with van der Waals surface area (Å²) in [6, 6.07) is 4.71. The second-order valence-corrected chi connectivity index (χ2v) is 5.84. The molecule has 1 aliphatic heterocycles. The molecule has 0 bridgehead atoms. The standard InChI is InChI=1S/C16H24N4O2/c1-4-13-6-7-14(22-13)11(2)17-12-5-8-16-18-15(10-21-3)19-20(16)9-12/h6-7,11-12,17H,4-5,8-10H2,1-3H3/t11-,12+/m0/s1. The van der Waals surface area contributed by atoms with Crippen LogP contribution in [-0.4, -0.2) is 27.9 Å². The van der Waals surface area contributed by atoms with Crippen molar-refractivity contribution in [3.63, 3.8) is 0 Å². The molecule has 0 fully saturated rings. The Morgan fingerprint density at radius 2 is 2.36 bits per heavy atom. The minimum Gasteiger partial charge on any atom is -0.464 e. The summed E-state index contributed by atoms with van der Waals surface area (Å²) in [6.07, 6.45) is 2.94. The highest BCUT2D eigenvalue weighted by Gasteiger charge is 2.23.